The molecule has 0 aromatic heterocycles. The number of nitrogens with zero attached hydrogens (tertiary/aromatic N) is 2. The van der Waals surface area contributed by atoms with Gasteiger partial charge in [0, 0.05) is 18.1 Å². The van der Waals surface area contributed by atoms with Crippen molar-refractivity contribution < 1.29 is 31.2 Å². The molecule has 36 heavy (non-hydrogen) atoms. The van der Waals surface area contributed by atoms with Gasteiger partial charge in [-0.25, -0.2) is 8.42 Å². The highest BCUT2D eigenvalue weighted by Crippen LogP contribution is 2.32. The van der Waals surface area contributed by atoms with Gasteiger partial charge in [-0.15, -0.1) is 0 Å². The van der Waals surface area contributed by atoms with Crippen molar-refractivity contribution in [3.05, 3.63) is 64.7 Å². The van der Waals surface area contributed by atoms with Crippen molar-refractivity contribution in [1.29, 1.82) is 0 Å². The zero-order valence-electron chi connectivity index (χ0n) is 20.2. The lowest BCUT2D eigenvalue weighted by atomic mass is 10.1. The Kier molecular flexibility index (Phi) is 10.2. The second kappa shape index (κ2) is 12.4. The minimum Gasteiger partial charge on any atom is -0.354 e. The summed E-state index contributed by atoms with van der Waals surface area (Å²) in [5.41, 5.74) is -0.735. The number of sulfonamides is 1. The van der Waals surface area contributed by atoms with E-state index in [4.69, 9.17) is 11.6 Å². The fourth-order valence-corrected chi connectivity index (χ4v) is 4.32. The summed E-state index contributed by atoms with van der Waals surface area (Å²) in [7, 11) is -4.15. The molecule has 0 fully saturated rings. The van der Waals surface area contributed by atoms with Gasteiger partial charge in [0.05, 0.1) is 17.5 Å². The van der Waals surface area contributed by atoms with Crippen LogP contribution in [0.5, 0.6) is 0 Å². The van der Waals surface area contributed by atoms with Crippen molar-refractivity contribution in [2.75, 3.05) is 23.7 Å². The molecule has 0 saturated heterocycles. The smallest absolute Gasteiger partial charge is 0.354 e. The quantitative estimate of drug-likeness (QED) is 0.421. The third-order valence-electron chi connectivity index (χ3n) is 5.40. The van der Waals surface area contributed by atoms with Gasteiger partial charge < -0.3 is 10.2 Å². The summed E-state index contributed by atoms with van der Waals surface area (Å²) in [6, 6.07) is 9.27. The normalized spacial score (nSPS) is 12.6. The number of halogens is 4. The highest BCUT2D eigenvalue weighted by atomic mass is 35.5. The van der Waals surface area contributed by atoms with E-state index in [2.05, 4.69) is 5.32 Å². The van der Waals surface area contributed by atoms with Crippen molar-refractivity contribution in [3.63, 3.8) is 0 Å². The largest absolute Gasteiger partial charge is 0.416 e. The van der Waals surface area contributed by atoms with Gasteiger partial charge in [0.2, 0.25) is 21.8 Å². The molecule has 0 unspecified atom stereocenters. The molecule has 1 N–H and O–H groups in total. The number of amides is 2. The number of unbranched alkanes of at least 4 members (excludes halogenated alkanes) is 1. The first kappa shape index (κ1) is 29.4. The van der Waals surface area contributed by atoms with Gasteiger partial charge in [-0.05, 0) is 49.2 Å². The van der Waals surface area contributed by atoms with E-state index in [1.807, 2.05) is 6.92 Å². The zero-order chi connectivity index (χ0) is 27.1. The van der Waals surface area contributed by atoms with E-state index in [0.717, 1.165) is 31.2 Å². The van der Waals surface area contributed by atoms with Crippen LogP contribution in [0.3, 0.4) is 0 Å². The molecule has 0 heterocycles. The van der Waals surface area contributed by atoms with Crippen LogP contribution in [0, 0.1) is 0 Å². The molecule has 0 saturated carbocycles. The number of hydrogen-bond donors (Lipinski definition) is 1. The van der Waals surface area contributed by atoms with Gasteiger partial charge in [-0.2, -0.15) is 13.2 Å². The molecule has 0 aliphatic carbocycles. The van der Waals surface area contributed by atoms with Crippen molar-refractivity contribution in [2.24, 2.45) is 0 Å². The maximum absolute atomic E-state index is 13.4. The summed E-state index contributed by atoms with van der Waals surface area (Å²) in [6.07, 6.45) is -2.32. The maximum Gasteiger partial charge on any atom is 0.416 e. The van der Waals surface area contributed by atoms with E-state index in [0.29, 0.717) is 27.5 Å². The average Bonchev–Trinajstić information content (AvgIpc) is 2.80. The lowest BCUT2D eigenvalue weighted by Gasteiger charge is -2.31. The highest BCUT2D eigenvalue weighted by Gasteiger charge is 2.33. The van der Waals surface area contributed by atoms with Crippen LogP contribution in [-0.2, 0) is 32.3 Å². The topological polar surface area (TPSA) is 86.8 Å². The number of carbonyl (C=O) groups is 2. The monoisotopic (exact) mass is 547 g/mol. The fourth-order valence-electron chi connectivity index (χ4n) is 3.36. The summed E-state index contributed by atoms with van der Waals surface area (Å²) in [4.78, 5) is 27.3. The molecule has 7 nitrogen and oxygen atoms in total. The summed E-state index contributed by atoms with van der Waals surface area (Å²) in [5.74, 6) is -1.19. The summed E-state index contributed by atoms with van der Waals surface area (Å²) >= 11 is 5.93. The lowest BCUT2D eigenvalue weighted by Crippen LogP contribution is -2.51. The van der Waals surface area contributed by atoms with Gasteiger partial charge in [0.1, 0.15) is 12.6 Å². The number of rotatable bonds is 11. The highest BCUT2D eigenvalue weighted by molar-refractivity contribution is 7.92. The predicted octanol–water partition coefficient (Wildman–Crippen LogP) is 4.46. The van der Waals surface area contributed by atoms with E-state index >= 15 is 0 Å². The van der Waals surface area contributed by atoms with E-state index in [1.54, 1.807) is 24.3 Å². The third kappa shape index (κ3) is 8.41. The minimum absolute atomic E-state index is 0.0431. The number of carbonyl (C=O) groups excluding carboxylic acids is 2. The molecule has 2 amide bonds. The first-order valence-electron chi connectivity index (χ1n) is 11.2. The van der Waals surface area contributed by atoms with Crippen LogP contribution < -0.4 is 9.62 Å². The summed E-state index contributed by atoms with van der Waals surface area (Å²) in [6.45, 7) is 3.03. The standard InChI is InChI=1S/C24H29ClF3N3O4S/c1-4-5-13-29-23(33)17(2)30(15-18-9-11-20(25)12-10-18)22(32)16-31(36(3,34)35)21-8-6-7-19(14-21)24(26,27)28/h6-12,14,17H,4-5,13,15-16H2,1-3H3,(H,29,33)/t17-/m0/s1. The van der Waals surface area contributed by atoms with Crippen LogP contribution in [-0.4, -0.2) is 50.5 Å². The number of hydrogen-bond acceptors (Lipinski definition) is 4. The molecule has 0 aliphatic heterocycles. The average molecular weight is 548 g/mol. The first-order chi connectivity index (χ1) is 16.7. The van der Waals surface area contributed by atoms with Crippen LogP contribution in [0.2, 0.25) is 5.02 Å². The number of nitrogens with one attached hydrogen (secondary N) is 1. The number of anilines is 1. The van der Waals surface area contributed by atoms with Crippen LogP contribution in [0.4, 0.5) is 18.9 Å². The summed E-state index contributed by atoms with van der Waals surface area (Å²) in [5, 5.41) is 3.21. The molecule has 198 valence electrons. The molecule has 12 heteroatoms. The SMILES string of the molecule is CCCCNC(=O)[C@H](C)N(Cc1ccc(Cl)cc1)C(=O)CN(c1cccc(C(F)(F)F)c1)S(C)(=O)=O. The predicted molar refractivity (Wildman–Crippen MR) is 133 cm³/mol. The zero-order valence-corrected chi connectivity index (χ0v) is 21.8. The lowest BCUT2D eigenvalue weighted by molar-refractivity contribution is -0.139. The van der Waals surface area contributed by atoms with Gasteiger partial charge in [0.25, 0.3) is 0 Å². The molecule has 0 spiro atoms. The van der Waals surface area contributed by atoms with Crippen molar-refractivity contribution in [3.8, 4) is 0 Å². The summed E-state index contributed by atoms with van der Waals surface area (Å²) < 4.78 is 65.3. The number of alkyl halides is 3. The van der Waals surface area contributed by atoms with Gasteiger partial charge in [-0.1, -0.05) is 43.1 Å². The Morgan fingerprint density at radius 1 is 1.11 bits per heavy atom. The van der Waals surface area contributed by atoms with Crippen molar-refractivity contribution in [2.45, 2.75) is 45.5 Å². The molecular weight excluding hydrogens is 519 g/mol. The Morgan fingerprint density at radius 2 is 1.75 bits per heavy atom. The molecule has 2 aromatic carbocycles. The second-order valence-electron chi connectivity index (χ2n) is 8.29. The van der Waals surface area contributed by atoms with E-state index in [1.165, 1.54) is 17.9 Å². The first-order valence-corrected chi connectivity index (χ1v) is 13.4. The molecule has 2 aromatic rings. The van der Waals surface area contributed by atoms with Gasteiger partial charge in [0.15, 0.2) is 0 Å². The Hall–Kier alpha value is -2.79. The van der Waals surface area contributed by atoms with Crippen LogP contribution in [0.15, 0.2) is 48.5 Å². The van der Waals surface area contributed by atoms with E-state index < -0.39 is 46.2 Å². The van der Waals surface area contributed by atoms with Gasteiger partial charge >= 0.3 is 6.18 Å². The Labute approximate surface area is 214 Å². The molecule has 0 radical (unpaired) electrons. The van der Waals surface area contributed by atoms with Crippen molar-refractivity contribution in [1.82, 2.24) is 10.2 Å². The molecule has 2 rings (SSSR count). The maximum atomic E-state index is 13.4. The van der Waals surface area contributed by atoms with Crippen LogP contribution >= 0.6 is 11.6 Å². The van der Waals surface area contributed by atoms with Crippen LogP contribution in [0.25, 0.3) is 0 Å². The van der Waals surface area contributed by atoms with E-state index in [-0.39, 0.29) is 12.2 Å². The van der Waals surface area contributed by atoms with Crippen molar-refractivity contribution >= 4 is 39.1 Å². The Balaban J connectivity index is 2.39. The Morgan fingerprint density at radius 3 is 2.31 bits per heavy atom. The minimum atomic E-state index is -4.70. The fraction of sp³-hybridized carbons (Fsp3) is 0.417. The molecular formula is C24H29ClF3N3O4S. The molecule has 0 bridgehead atoms. The van der Waals surface area contributed by atoms with Gasteiger partial charge in [-0.3, -0.25) is 13.9 Å². The second-order valence-corrected chi connectivity index (χ2v) is 10.6. The molecule has 0 aliphatic rings. The third-order valence-corrected chi connectivity index (χ3v) is 6.80. The van der Waals surface area contributed by atoms with Crippen LogP contribution in [0.1, 0.15) is 37.8 Å². The number of benzene rings is 2. The molecule has 1 atom stereocenters. The van der Waals surface area contributed by atoms with E-state index in [9.17, 15) is 31.2 Å². The Bertz CT molecular complexity index is 1160.